The zero-order valence-electron chi connectivity index (χ0n) is 17.5. The van der Waals surface area contributed by atoms with Gasteiger partial charge in [0.05, 0.1) is 25.3 Å². The molecule has 1 aromatic rings. The number of ether oxygens (including phenoxy) is 2. The van der Waals surface area contributed by atoms with Crippen LogP contribution in [-0.2, 0) is 9.53 Å². The Morgan fingerprint density at radius 3 is 2.63 bits per heavy atom. The fraction of sp³-hybridized carbons (Fsp3) is 0.636. The molecule has 164 valence electrons. The molecule has 0 radical (unpaired) electrons. The summed E-state index contributed by atoms with van der Waals surface area (Å²) in [5.74, 6) is 1.13. The second-order valence-corrected chi connectivity index (χ2v) is 8.56. The van der Waals surface area contributed by atoms with Crippen molar-refractivity contribution in [2.45, 2.75) is 25.0 Å². The van der Waals surface area contributed by atoms with Crippen LogP contribution in [0.4, 0.5) is 0 Å². The molecular weight excluding hydrogens is 386 g/mol. The van der Waals surface area contributed by atoms with E-state index in [1.54, 1.807) is 24.3 Å². The summed E-state index contributed by atoms with van der Waals surface area (Å²) in [6.07, 6.45) is 0.538. The van der Waals surface area contributed by atoms with Crippen LogP contribution in [0.1, 0.15) is 23.2 Å². The number of aliphatic hydroxyl groups is 1. The fourth-order valence-electron chi connectivity index (χ4n) is 4.94. The van der Waals surface area contributed by atoms with Crippen molar-refractivity contribution in [3.8, 4) is 5.75 Å². The number of carbonyl (C=O) groups excluding carboxylic acids is 2. The Morgan fingerprint density at radius 1 is 1.17 bits per heavy atom. The highest BCUT2D eigenvalue weighted by Gasteiger charge is 2.43. The lowest BCUT2D eigenvalue weighted by Gasteiger charge is -2.35. The van der Waals surface area contributed by atoms with Gasteiger partial charge in [-0.1, -0.05) is 6.07 Å². The molecule has 8 heteroatoms. The molecule has 3 aliphatic rings. The lowest BCUT2D eigenvalue weighted by molar-refractivity contribution is -0.132. The van der Waals surface area contributed by atoms with Gasteiger partial charge in [0.1, 0.15) is 11.9 Å². The Hall–Kier alpha value is -2.16. The molecule has 2 saturated heterocycles. The standard InChI is InChI=1S/C22H31N3O5/c1-29-22(28)15-3-2-4-18(9-15)30-20-11-17-13-24(12-16(17)10-19(20)26)14-21(27)25-7-5-23-6-8-25/h2-4,9,16-17,19-20,23,26H,5-8,10-14H2,1H3/t16-,17+,19+,20+/m0/s1. The number of carbonyl (C=O) groups is 2. The van der Waals surface area contributed by atoms with Gasteiger partial charge < -0.3 is 24.8 Å². The number of aliphatic hydroxyl groups excluding tert-OH is 1. The summed E-state index contributed by atoms with van der Waals surface area (Å²) >= 11 is 0. The number of benzene rings is 1. The Bertz CT molecular complexity index is 767. The Morgan fingerprint density at radius 2 is 1.90 bits per heavy atom. The van der Waals surface area contributed by atoms with Crippen LogP contribution in [0.25, 0.3) is 0 Å². The van der Waals surface area contributed by atoms with Crippen molar-refractivity contribution in [3.63, 3.8) is 0 Å². The summed E-state index contributed by atoms with van der Waals surface area (Å²) in [6.45, 7) is 5.44. The molecule has 2 aliphatic heterocycles. The van der Waals surface area contributed by atoms with E-state index in [0.29, 0.717) is 36.1 Å². The minimum absolute atomic E-state index is 0.197. The zero-order valence-corrected chi connectivity index (χ0v) is 17.5. The molecule has 0 spiro atoms. The van der Waals surface area contributed by atoms with E-state index < -0.39 is 12.1 Å². The number of nitrogens with zero attached hydrogens (tertiary/aromatic N) is 2. The van der Waals surface area contributed by atoms with Crippen LogP contribution in [0.15, 0.2) is 24.3 Å². The lowest BCUT2D eigenvalue weighted by Crippen LogP contribution is -2.49. The summed E-state index contributed by atoms with van der Waals surface area (Å²) in [7, 11) is 1.35. The number of piperazine rings is 1. The number of hydrogen-bond donors (Lipinski definition) is 2. The normalized spacial score (nSPS) is 29.3. The average molecular weight is 418 g/mol. The van der Waals surface area contributed by atoms with Crippen molar-refractivity contribution in [3.05, 3.63) is 29.8 Å². The first-order valence-corrected chi connectivity index (χ1v) is 10.8. The van der Waals surface area contributed by atoms with Gasteiger partial charge in [0.25, 0.3) is 0 Å². The molecule has 2 heterocycles. The van der Waals surface area contributed by atoms with Crippen LogP contribution in [0.5, 0.6) is 5.75 Å². The quantitative estimate of drug-likeness (QED) is 0.669. The third-order valence-corrected chi connectivity index (χ3v) is 6.53. The fourth-order valence-corrected chi connectivity index (χ4v) is 4.94. The van der Waals surface area contributed by atoms with E-state index in [0.717, 1.165) is 45.7 Å². The van der Waals surface area contributed by atoms with Gasteiger partial charge in [-0.15, -0.1) is 0 Å². The van der Waals surface area contributed by atoms with E-state index in [4.69, 9.17) is 9.47 Å². The molecule has 2 N–H and O–H groups in total. The predicted molar refractivity (Wildman–Crippen MR) is 110 cm³/mol. The van der Waals surface area contributed by atoms with Gasteiger partial charge in [0.15, 0.2) is 0 Å². The van der Waals surface area contributed by atoms with Gasteiger partial charge in [-0.05, 0) is 42.9 Å². The Kier molecular flexibility index (Phi) is 6.55. The first kappa shape index (κ1) is 21.1. The Balaban J connectivity index is 1.33. The number of rotatable bonds is 5. The largest absolute Gasteiger partial charge is 0.488 e. The minimum Gasteiger partial charge on any atom is -0.488 e. The molecule has 8 nitrogen and oxygen atoms in total. The molecule has 1 aliphatic carbocycles. The summed E-state index contributed by atoms with van der Waals surface area (Å²) in [4.78, 5) is 28.5. The second-order valence-electron chi connectivity index (χ2n) is 8.56. The van der Waals surface area contributed by atoms with Gasteiger partial charge in [0, 0.05) is 39.3 Å². The highest BCUT2D eigenvalue weighted by molar-refractivity contribution is 5.89. The maximum Gasteiger partial charge on any atom is 0.337 e. The molecule has 0 aromatic heterocycles. The zero-order chi connectivity index (χ0) is 21.1. The van der Waals surface area contributed by atoms with Crippen LogP contribution in [0.3, 0.4) is 0 Å². The van der Waals surface area contributed by atoms with Gasteiger partial charge >= 0.3 is 5.97 Å². The molecule has 1 amide bonds. The number of methoxy groups -OCH3 is 1. The summed E-state index contributed by atoms with van der Waals surface area (Å²) in [5.41, 5.74) is 0.427. The van der Waals surface area contributed by atoms with Crippen molar-refractivity contribution in [2.24, 2.45) is 11.8 Å². The number of hydrogen-bond acceptors (Lipinski definition) is 7. The lowest BCUT2D eigenvalue weighted by atomic mass is 9.78. The topological polar surface area (TPSA) is 91.3 Å². The van der Waals surface area contributed by atoms with Gasteiger partial charge in [0.2, 0.25) is 5.91 Å². The minimum atomic E-state index is -0.558. The van der Waals surface area contributed by atoms with Gasteiger partial charge in [-0.2, -0.15) is 0 Å². The highest BCUT2D eigenvalue weighted by atomic mass is 16.5. The molecule has 1 saturated carbocycles. The van der Waals surface area contributed by atoms with E-state index in [1.807, 2.05) is 4.90 Å². The van der Waals surface area contributed by atoms with Crippen LogP contribution in [0.2, 0.25) is 0 Å². The molecular formula is C22H31N3O5. The maximum atomic E-state index is 12.6. The van der Waals surface area contributed by atoms with Crippen molar-refractivity contribution < 1.29 is 24.2 Å². The number of likely N-dealkylation sites (tertiary alicyclic amines) is 1. The molecule has 1 aromatic carbocycles. The number of amides is 1. The summed E-state index contributed by atoms with van der Waals surface area (Å²) in [6, 6.07) is 6.87. The molecule has 4 rings (SSSR count). The first-order chi connectivity index (χ1) is 14.5. The second kappa shape index (κ2) is 9.32. The van der Waals surface area contributed by atoms with E-state index >= 15 is 0 Å². The average Bonchev–Trinajstić information content (AvgIpc) is 3.15. The molecule has 4 atom stereocenters. The van der Waals surface area contributed by atoms with Crippen LogP contribution in [0, 0.1) is 11.8 Å². The van der Waals surface area contributed by atoms with Gasteiger partial charge in [-0.3, -0.25) is 9.69 Å². The Labute approximate surface area is 177 Å². The maximum absolute atomic E-state index is 12.6. The van der Waals surface area contributed by atoms with E-state index in [-0.39, 0.29) is 12.0 Å². The first-order valence-electron chi connectivity index (χ1n) is 10.8. The smallest absolute Gasteiger partial charge is 0.337 e. The molecule has 3 fully saturated rings. The van der Waals surface area contributed by atoms with Crippen LogP contribution < -0.4 is 10.1 Å². The van der Waals surface area contributed by atoms with Crippen LogP contribution in [-0.4, -0.2) is 91.9 Å². The summed E-state index contributed by atoms with van der Waals surface area (Å²) in [5, 5.41) is 13.9. The van der Waals surface area contributed by atoms with E-state index in [1.165, 1.54) is 7.11 Å². The third kappa shape index (κ3) is 4.77. The highest BCUT2D eigenvalue weighted by Crippen LogP contribution is 2.38. The SMILES string of the molecule is COC(=O)c1cccc(O[C@@H]2C[C@@H]3CN(CC(=O)N4CCNCC4)C[C@@H]3C[C@H]2O)c1. The number of esters is 1. The van der Waals surface area contributed by atoms with Crippen molar-refractivity contribution >= 4 is 11.9 Å². The van der Waals surface area contributed by atoms with Gasteiger partial charge in [-0.25, -0.2) is 4.79 Å². The van der Waals surface area contributed by atoms with Crippen LogP contribution >= 0.6 is 0 Å². The van der Waals surface area contributed by atoms with E-state index in [2.05, 4.69) is 10.2 Å². The predicted octanol–water partition coefficient (Wildman–Crippen LogP) is 0.355. The number of fused-ring (bicyclic) bond motifs is 1. The van der Waals surface area contributed by atoms with Crippen molar-refractivity contribution in [1.29, 1.82) is 0 Å². The monoisotopic (exact) mass is 417 g/mol. The van der Waals surface area contributed by atoms with E-state index in [9.17, 15) is 14.7 Å². The number of nitrogens with one attached hydrogen (secondary N) is 1. The molecule has 0 unspecified atom stereocenters. The summed E-state index contributed by atoms with van der Waals surface area (Å²) < 4.78 is 10.8. The van der Waals surface area contributed by atoms with Crippen molar-refractivity contribution in [1.82, 2.24) is 15.1 Å². The third-order valence-electron chi connectivity index (χ3n) is 6.53. The van der Waals surface area contributed by atoms with Crippen molar-refractivity contribution in [2.75, 3.05) is 52.9 Å². The molecule has 0 bridgehead atoms. The molecule has 30 heavy (non-hydrogen) atoms.